The van der Waals surface area contributed by atoms with Crippen LogP contribution < -0.4 is 16.0 Å². The van der Waals surface area contributed by atoms with E-state index in [2.05, 4.69) is 26.1 Å². The van der Waals surface area contributed by atoms with Crippen molar-refractivity contribution in [3.8, 4) is 0 Å². The highest BCUT2D eigenvalue weighted by atomic mass is 16.2. The molecule has 7 heteroatoms. The quantitative estimate of drug-likeness (QED) is 0.639. The Morgan fingerprint density at radius 1 is 1.18 bits per heavy atom. The minimum Gasteiger partial charge on any atom is -0.347 e. The Bertz CT molecular complexity index is 854. The monoisotopic (exact) mass is 381 g/mol. The Morgan fingerprint density at radius 3 is 2.89 bits per heavy atom. The summed E-state index contributed by atoms with van der Waals surface area (Å²) < 4.78 is 0. The van der Waals surface area contributed by atoms with Crippen molar-refractivity contribution in [1.29, 1.82) is 0 Å². The number of rotatable bonds is 5. The van der Waals surface area contributed by atoms with Crippen molar-refractivity contribution >= 4 is 17.5 Å². The third kappa shape index (κ3) is 4.25. The molecule has 148 valence electrons. The summed E-state index contributed by atoms with van der Waals surface area (Å²) in [5.74, 6) is 0.0472. The number of benzene rings is 1. The van der Waals surface area contributed by atoms with E-state index < -0.39 is 0 Å². The summed E-state index contributed by atoms with van der Waals surface area (Å²) >= 11 is 0. The molecule has 1 aliphatic carbocycles. The second kappa shape index (κ2) is 8.56. The fourth-order valence-corrected chi connectivity index (χ4v) is 4.05. The van der Waals surface area contributed by atoms with Crippen LogP contribution in [0, 0.1) is 5.92 Å². The van der Waals surface area contributed by atoms with E-state index in [1.807, 2.05) is 24.3 Å². The number of hydrogen-bond acceptors (Lipinski definition) is 4. The van der Waals surface area contributed by atoms with Gasteiger partial charge in [0.1, 0.15) is 0 Å². The second-order valence-corrected chi connectivity index (χ2v) is 7.66. The standard InChI is InChI=1S/C21H27N5O2/c27-20(15-6-2-1-3-7-15)24-16-8-4-5-14(11-16)12-23-21(28)19-17-13-22-10-9-18(17)25-26-19/h4-5,8,11,15,22H,1-3,6-7,9-10,12-13H2,(H,23,28)(H,24,27)(H,25,26). The molecule has 0 unspecified atom stereocenters. The molecule has 2 amide bonds. The molecule has 0 saturated heterocycles. The van der Waals surface area contributed by atoms with Crippen LogP contribution in [0.1, 0.15) is 59.4 Å². The van der Waals surface area contributed by atoms with Crippen molar-refractivity contribution in [3.05, 3.63) is 46.8 Å². The van der Waals surface area contributed by atoms with E-state index in [1.54, 1.807) is 0 Å². The SMILES string of the molecule is O=C(NCc1cccc(NC(=O)C2CCCCC2)c1)c1n[nH]c2c1CNCC2. The van der Waals surface area contributed by atoms with Crippen molar-refractivity contribution < 1.29 is 9.59 Å². The lowest BCUT2D eigenvalue weighted by molar-refractivity contribution is -0.120. The number of nitrogens with zero attached hydrogens (tertiary/aromatic N) is 1. The zero-order valence-corrected chi connectivity index (χ0v) is 16.0. The van der Waals surface area contributed by atoms with Crippen LogP contribution in [-0.2, 0) is 24.3 Å². The van der Waals surface area contributed by atoms with Gasteiger partial charge in [-0.3, -0.25) is 14.7 Å². The maximum absolute atomic E-state index is 12.5. The summed E-state index contributed by atoms with van der Waals surface area (Å²) in [5.41, 5.74) is 4.18. The summed E-state index contributed by atoms with van der Waals surface area (Å²) in [6, 6.07) is 7.65. The first-order chi connectivity index (χ1) is 13.7. The Balaban J connectivity index is 1.35. The number of anilines is 1. The van der Waals surface area contributed by atoms with E-state index in [1.165, 1.54) is 6.42 Å². The lowest BCUT2D eigenvalue weighted by atomic mass is 9.88. The number of nitrogens with one attached hydrogen (secondary N) is 4. The lowest BCUT2D eigenvalue weighted by Crippen LogP contribution is -2.28. The molecule has 4 rings (SSSR count). The molecule has 2 aromatic rings. The van der Waals surface area contributed by atoms with Crippen LogP contribution in [0.15, 0.2) is 24.3 Å². The number of carbonyl (C=O) groups excluding carboxylic acids is 2. The smallest absolute Gasteiger partial charge is 0.272 e. The van der Waals surface area contributed by atoms with Crippen molar-refractivity contribution in [2.24, 2.45) is 5.92 Å². The normalized spacial score (nSPS) is 17.0. The predicted octanol–water partition coefficient (Wildman–Crippen LogP) is 2.50. The molecular formula is C21H27N5O2. The zero-order chi connectivity index (χ0) is 19.3. The largest absolute Gasteiger partial charge is 0.347 e. The minimum atomic E-state index is -0.183. The van der Waals surface area contributed by atoms with Crippen LogP contribution >= 0.6 is 0 Å². The first kappa shape index (κ1) is 18.7. The number of hydrogen-bond donors (Lipinski definition) is 4. The Labute approximate surface area is 164 Å². The number of fused-ring (bicyclic) bond motifs is 1. The molecule has 0 bridgehead atoms. The molecule has 7 nitrogen and oxygen atoms in total. The molecular weight excluding hydrogens is 354 g/mol. The molecule has 4 N–H and O–H groups in total. The highest BCUT2D eigenvalue weighted by Crippen LogP contribution is 2.25. The van der Waals surface area contributed by atoms with Gasteiger partial charge in [0.15, 0.2) is 5.69 Å². The number of amides is 2. The van der Waals surface area contributed by atoms with Gasteiger partial charge in [0, 0.05) is 48.9 Å². The van der Waals surface area contributed by atoms with Crippen LogP contribution in [0.2, 0.25) is 0 Å². The molecule has 2 aliphatic rings. The molecule has 1 aromatic heterocycles. The topological polar surface area (TPSA) is 98.9 Å². The van der Waals surface area contributed by atoms with Gasteiger partial charge in [0.2, 0.25) is 5.91 Å². The van der Waals surface area contributed by atoms with Gasteiger partial charge in [-0.2, -0.15) is 5.10 Å². The highest BCUT2D eigenvalue weighted by Gasteiger charge is 2.22. The predicted molar refractivity (Wildman–Crippen MR) is 107 cm³/mol. The van der Waals surface area contributed by atoms with Crippen molar-refractivity contribution in [3.63, 3.8) is 0 Å². The maximum Gasteiger partial charge on any atom is 0.272 e. The molecule has 0 radical (unpaired) electrons. The Kier molecular flexibility index (Phi) is 5.71. The number of carbonyl (C=O) groups is 2. The van der Waals surface area contributed by atoms with Gasteiger partial charge < -0.3 is 16.0 Å². The highest BCUT2D eigenvalue weighted by molar-refractivity contribution is 5.94. The van der Waals surface area contributed by atoms with Gasteiger partial charge in [-0.1, -0.05) is 31.4 Å². The van der Waals surface area contributed by atoms with Crippen molar-refractivity contribution in [2.45, 2.75) is 51.6 Å². The molecule has 1 fully saturated rings. The van der Waals surface area contributed by atoms with E-state index in [0.29, 0.717) is 18.8 Å². The Morgan fingerprint density at radius 2 is 2.04 bits per heavy atom. The van der Waals surface area contributed by atoms with Gasteiger partial charge in [0.05, 0.1) is 0 Å². The van der Waals surface area contributed by atoms with Crippen LogP contribution in [0.5, 0.6) is 0 Å². The molecule has 1 saturated carbocycles. The van der Waals surface area contributed by atoms with Gasteiger partial charge in [0.25, 0.3) is 5.91 Å². The fraction of sp³-hybridized carbons (Fsp3) is 0.476. The summed E-state index contributed by atoms with van der Waals surface area (Å²) in [7, 11) is 0. The molecule has 1 aliphatic heterocycles. The van der Waals surface area contributed by atoms with Crippen molar-refractivity contribution in [1.82, 2.24) is 20.8 Å². The van der Waals surface area contributed by atoms with Gasteiger partial charge >= 0.3 is 0 Å². The average molecular weight is 381 g/mol. The molecule has 2 heterocycles. The summed E-state index contributed by atoms with van der Waals surface area (Å²) in [4.78, 5) is 25.0. The summed E-state index contributed by atoms with van der Waals surface area (Å²) in [6.07, 6.45) is 6.31. The Hall–Kier alpha value is -2.67. The van der Waals surface area contributed by atoms with E-state index in [4.69, 9.17) is 0 Å². The van der Waals surface area contributed by atoms with E-state index >= 15 is 0 Å². The second-order valence-electron chi connectivity index (χ2n) is 7.66. The molecule has 0 atom stereocenters. The van der Waals surface area contributed by atoms with Gasteiger partial charge in [-0.25, -0.2) is 0 Å². The van der Waals surface area contributed by atoms with Crippen LogP contribution in [0.25, 0.3) is 0 Å². The number of H-pyrrole nitrogens is 1. The first-order valence-corrected chi connectivity index (χ1v) is 10.2. The van der Waals surface area contributed by atoms with Crippen LogP contribution in [0.3, 0.4) is 0 Å². The molecule has 28 heavy (non-hydrogen) atoms. The van der Waals surface area contributed by atoms with E-state index in [0.717, 1.165) is 61.2 Å². The molecule has 1 aromatic carbocycles. The van der Waals surface area contributed by atoms with Crippen LogP contribution in [-0.4, -0.2) is 28.6 Å². The molecule has 0 spiro atoms. The number of aromatic amines is 1. The lowest BCUT2D eigenvalue weighted by Gasteiger charge is -2.20. The first-order valence-electron chi connectivity index (χ1n) is 10.2. The fourth-order valence-electron chi connectivity index (χ4n) is 4.05. The minimum absolute atomic E-state index is 0.108. The average Bonchev–Trinajstić information content (AvgIpc) is 3.17. The van der Waals surface area contributed by atoms with E-state index in [9.17, 15) is 9.59 Å². The third-order valence-corrected chi connectivity index (χ3v) is 5.64. The van der Waals surface area contributed by atoms with Gasteiger partial charge in [-0.05, 0) is 30.5 Å². The zero-order valence-electron chi connectivity index (χ0n) is 16.0. The summed E-state index contributed by atoms with van der Waals surface area (Å²) in [6.45, 7) is 1.95. The van der Waals surface area contributed by atoms with Gasteiger partial charge in [-0.15, -0.1) is 0 Å². The maximum atomic E-state index is 12.5. The number of aromatic nitrogens is 2. The van der Waals surface area contributed by atoms with Crippen LogP contribution in [0.4, 0.5) is 5.69 Å². The third-order valence-electron chi connectivity index (χ3n) is 5.64. The van der Waals surface area contributed by atoms with Crippen molar-refractivity contribution in [2.75, 3.05) is 11.9 Å². The van der Waals surface area contributed by atoms with E-state index in [-0.39, 0.29) is 17.7 Å². The summed E-state index contributed by atoms with van der Waals surface area (Å²) in [5, 5.41) is 16.4.